The molecule has 0 amide bonds. The summed E-state index contributed by atoms with van der Waals surface area (Å²) in [5.41, 5.74) is 0.853. The largest absolute Gasteiger partial charge is 0.490 e. The van der Waals surface area contributed by atoms with E-state index < -0.39 is 10.0 Å². The molecule has 1 N–H and O–H groups in total. The minimum Gasteiger partial charge on any atom is -0.490 e. The van der Waals surface area contributed by atoms with Crippen LogP contribution in [0.15, 0.2) is 47.4 Å². The zero-order chi connectivity index (χ0) is 18.3. The van der Waals surface area contributed by atoms with Crippen molar-refractivity contribution in [2.45, 2.75) is 25.2 Å². The highest BCUT2D eigenvalue weighted by Crippen LogP contribution is 2.30. The Morgan fingerprint density at radius 2 is 1.60 bits per heavy atom. The summed E-state index contributed by atoms with van der Waals surface area (Å²) < 4.78 is 51.2. The van der Waals surface area contributed by atoms with Gasteiger partial charge in [0.1, 0.15) is 5.82 Å². The first-order valence-corrected chi connectivity index (χ1v) is 9.58. The summed E-state index contributed by atoms with van der Waals surface area (Å²) in [5, 5.41) is 0. The molecule has 0 bridgehead atoms. The van der Waals surface area contributed by atoms with Gasteiger partial charge in [-0.05, 0) is 50.1 Å². The minimum absolute atomic E-state index is 0.110. The first kappa shape index (κ1) is 19.2. The van der Waals surface area contributed by atoms with Gasteiger partial charge in [0.05, 0.1) is 18.1 Å². The number of rotatable bonds is 9. The first-order valence-electron chi connectivity index (χ1n) is 8.10. The molecule has 0 saturated carbocycles. The molecule has 25 heavy (non-hydrogen) atoms. The lowest BCUT2D eigenvalue weighted by atomic mass is 10.1. The fraction of sp³-hybridized carbons (Fsp3) is 0.333. The maximum absolute atomic E-state index is 12.9. The van der Waals surface area contributed by atoms with Crippen molar-refractivity contribution in [1.29, 1.82) is 0 Å². The average Bonchev–Trinajstić information content (AvgIpc) is 2.58. The van der Waals surface area contributed by atoms with Crippen LogP contribution in [0.5, 0.6) is 11.5 Å². The molecule has 0 atom stereocenters. The van der Waals surface area contributed by atoms with Crippen molar-refractivity contribution in [3.63, 3.8) is 0 Å². The maximum atomic E-state index is 12.9. The van der Waals surface area contributed by atoms with Crippen molar-refractivity contribution < 1.29 is 22.3 Å². The molecule has 0 unspecified atom stereocenters. The number of hydrogen-bond acceptors (Lipinski definition) is 4. The molecule has 2 rings (SSSR count). The second kappa shape index (κ2) is 8.82. The van der Waals surface area contributed by atoms with Crippen LogP contribution >= 0.6 is 0 Å². The Kier molecular flexibility index (Phi) is 6.78. The van der Waals surface area contributed by atoms with Crippen molar-refractivity contribution in [2.75, 3.05) is 19.8 Å². The molecule has 7 heteroatoms. The minimum atomic E-state index is -3.67. The summed E-state index contributed by atoms with van der Waals surface area (Å²) in [6.45, 7) is 4.74. The molecule has 0 aliphatic rings. The van der Waals surface area contributed by atoms with Crippen molar-refractivity contribution in [3.8, 4) is 11.5 Å². The normalized spacial score (nSPS) is 11.3. The molecule has 0 spiro atoms. The topological polar surface area (TPSA) is 64.6 Å². The van der Waals surface area contributed by atoms with E-state index in [2.05, 4.69) is 4.72 Å². The van der Waals surface area contributed by atoms with Gasteiger partial charge in [0, 0.05) is 12.6 Å². The summed E-state index contributed by atoms with van der Waals surface area (Å²) in [6.07, 6.45) is 0.467. The molecule has 0 radical (unpaired) electrons. The van der Waals surface area contributed by atoms with Gasteiger partial charge in [-0.15, -0.1) is 0 Å². The highest BCUT2D eigenvalue weighted by Gasteiger charge is 2.17. The Hall–Kier alpha value is -2.12. The molecular weight excluding hydrogens is 345 g/mol. The van der Waals surface area contributed by atoms with Crippen molar-refractivity contribution in [2.24, 2.45) is 0 Å². The lowest BCUT2D eigenvalue weighted by Crippen LogP contribution is -2.26. The van der Waals surface area contributed by atoms with Crippen LogP contribution in [0.4, 0.5) is 4.39 Å². The SMILES string of the molecule is CCOc1ccc(S(=O)(=O)NCCc2ccc(F)cc2)cc1OCC. The summed E-state index contributed by atoms with van der Waals surface area (Å²) >= 11 is 0. The number of hydrogen-bond donors (Lipinski definition) is 1. The van der Waals surface area contributed by atoms with Crippen LogP contribution in [-0.4, -0.2) is 28.2 Å². The zero-order valence-corrected chi connectivity index (χ0v) is 15.1. The third-order valence-electron chi connectivity index (χ3n) is 3.44. The fourth-order valence-electron chi connectivity index (χ4n) is 2.26. The van der Waals surface area contributed by atoms with E-state index in [1.165, 1.54) is 24.3 Å². The first-order chi connectivity index (χ1) is 12.0. The lowest BCUT2D eigenvalue weighted by Gasteiger charge is -2.13. The number of benzene rings is 2. The standard InChI is InChI=1S/C18H22FNO4S/c1-3-23-17-10-9-16(13-18(17)24-4-2)25(21,22)20-12-11-14-5-7-15(19)8-6-14/h5-10,13,20H,3-4,11-12H2,1-2H3. The molecule has 2 aromatic rings. The van der Waals surface area contributed by atoms with Crippen molar-refractivity contribution in [3.05, 3.63) is 53.8 Å². The highest BCUT2D eigenvalue weighted by molar-refractivity contribution is 7.89. The van der Waals surface area contributed by atoms with E-state index in [0.29, 0.717) is 31.1 Å². The van der Waals surface area contributed by atoms with Crippen molar-refractivity contribution in [1.82, 2.24) is 4.72 Å². The van der Waals surface area contributed by atoms with Gasteiger partial charge in [-0.3, -0.25) is 0 Å². The quantitative estimate of drug-likeness (QED) is 0.739. The molecule has 0 aliphatic heterocycles. The van der Waals surface area contributed by atoms with E-state index in [-0.39, 0.29) is 17.3 Å². The van der Waals surface area contributed by atoms with Crippen LogP contribution in [0.3, 0.4) is 0 Å². The fourth-order valence-corrected chi connectivity index (χ4v) is 3.31. The molecule has 5 nitrogen and oxygen atoms in total. The molecule has 0 fully saturated rings. The molecule has 0 saturated heterocycles. The zero-order valence-electron chi connectivity index (χ0n) is 14.3. The van der Waals surface area contributed by atoms with E-state index in [1.807, 2.05) is 13.8 Å². The van der Waals surface area contributed by atoms with Crippen LogP contribution in [0.1, 0.15) is 19.4 Å². The third-order valence-corrected chi connectivity index (χ3v) is 4.90. The van der Waals surface area contributed by atoms with Gasteiger partial charge < -0.3 is 9.47 Å². The lowest BCUT2D eigenvalue weighted by molar-refractivity contribution is 0.287. The van der Waals surface area contributed by atoms with Gasteiger partial charge >= 0.3 is 0 Å². The second-order valence-electron chi connectivity index (χ2n) is 5.25. The third kappa shape index (κ3) is 5.44. The van der Waals surface area contributed by atoms with Gasteiger partial charge in [-0.1, -0.05) is 12.1 Å². The Bertz CT molecular complexity index is 791. The molecule has 0 heterocycles. The summed E-state index contributed by atoms with van der Waals surface area (Å²) in [4.78, 5) is 0.110. The smallest absolute Gasteiger partial charge is 0.240 e. The monoisotopic (exact) mass is 367 g/mol. The summed E-state index contributed by atoms with van der Waals surface area (Å²) in [7, 11) is -3.67. The van der Waals surface area contributed by atoms with Crippen LogP contribution in [0, 0.1) is 5.82 Å². The van der Waals surface area contributed by atoms with Gasteiger partial charge in [0.15, 0.2) is 11.5 Å². The van der Waals surface area contributed by atoms with Crippen molar-refractivity contribution >= 4 is 10.0 Å². The van der Waals surface area contributed by atoms with Crippen LogP contribution in [0.2, 0.25) is 0 Å². The highest BCUT2D eigenvalue weighted by atomic mass is 32.2. The molecule has 136 valence electrons. The summed E-state index contributed by atoms with van der Waals surface area (Å²) in [5.74, 6) is 0.586. The average molecular weight is 367 g/mol. The number of sulfonamides is 1. The maximum Gasteiger partial charge on any atom is 0.240 e. The molecule has 0 aromatic heterocycles. The van der Waals surface area contributed by atoms with Gasteiger partial charge in [0.2, 0.25) is 10.0 Å². The Morgan fingerprint density at radius 3 is 2.24 bits per heavy atom. The molecule has 2 aromatic carbocycles. The predicted octanol–water partition coefficient (Wildman–Crippen LogP) is 3.14. The Labute approximate surface area is 147 Å². The number of ether oxygens (including phenoxy) is 2. The van der Waals surface area contributed by atoms with E-state index >= 15 is 0 Å². The Morgan fingerprint density at radius 1 is 0.960 bits per heavy atom. The number of halogens is 1. The predicted molar refractivity (Wildman–Crippen MR) is 94.1 cm³/mol. The summed E-state index contributed by atoms with van der Waals surface area (Å²) in [6, 6.07) is 10.5. The van der Waals surface area contributed by atoms with Crippen LogP contribution in [0.25, 0.3) is 0 Å². The van der Waals surface area contributed by atoms with E-state index in [4.69, 9.17) is 9.47 Å². The van der Waals surface area contributed by atoms with E-state index in [0.717, 1.165) is 5.56 Å². The Balaban J connectivity index is 2.07. The molecule has 0 aliphatic carbocycles. The molecular formula is C18H22FNO4S. The second-order valence-corrected chi connectivity index (χ2v) is 7.02. The van der Waals surface area contributed by atoms with E-state index in [9.17, 15) is 12.8 Å². The van der Waals surface area contributed by atoms with Crippen LogP contribution in [-0.2, 0) is 16.4 Å². The van der Waals surface area contributed by atoms with Gasteiger partial charge in [-0.25, -0.2) is 17.5 Å². The van der Waals surface area contributed by atoms with Gasteiger partial charge in [-0.2, -0.15) is 0 Å². The van der Waals surface area contributed by atoms with Crippen LogP contribution < -0.4 is 14.2 Å². The van der Waals surface area contributed by atoms with E-state index in [1.54, 1.807) is 18.2 Å². The number of nitrogens with one attached hydrogen (secondary N) is 1. The van der Waals surface area contributed by atoms with Gasteiger partial charge in [0.25, 0.3) is 0 Å².